The van der Waals surface area contributed by atoms with E-state index in [9.17, 15) is 0 Å². The van der Waals surface area contributed by atoms with Crippen molar-refractivity contribution in [3.05, 3.63) is 0 Å². The van der Waals surface area contributed by atoms with Gasteiger partial charge in [-0.3, -0.25) is 0 Å². The van der Waals surface area contributed by atoms with E-state index in [0.717, 1.165) is 5.32 Å². The SMILES string of the molecule is CCC[CH2][Fe]. The molecule has 0 heterocycles. The molecule has 0 saturated heterocycles. The monoisotopic (exact) mass is 113 g/mol. The van der Waals surface area contributed by atoms with E-state index in [4.69, 9.17) is 0 Å². The molecule has 1 heteroatoms. The van der Waals surface area contributed by atoms with Crippen LogP contribution in [0.4, 0.5) is 0 Å². The van der Waals surface area contributed by atoms with Crippen molar-refractivity contribution >= 4 is 0 Å². The zero-order valence-corrected chi connectivity index (χ0v) is 4.58. The van der Waals surface area contributed by atoms with Gasteiger partial charge in [0.25, 0.3) is 0 Å². The third-order valence-corrected chi connectivity index (χ3v) is 0.869. The van der Waals surface area contributed by atoms with Crippen molar-refractivity contribution in [3.8, 4) is 0 Å². The van der Waals surface area contributed by atoms with E-state index >= 15 is 0 Å². The quantitative estimate of drug-likeness (QED) is 0.478. The fourth-order valence-corrected chi connectivity index (χ4v) is 0.515. The van der Waals surface area contributed by atoms with E-state index in [1.165, 1.54) is 12.8 Å². The van der Waals surface area contributed by atoms with Crippen molar-refractivity contribution in [2.24, 2.45) is 0 Å². The minimum absolute atomic E-state index is 1.09. The van der Waals surface area contributed by atoms with E-state index in [2.05, 4.69) is 22.9 Å². The average molecular weight is 113 g/mol. The summed E-state index contributed by atoms with van der Waals surface area (Å²) in [5, 5.41) is 1.09. The van der Waals surface area contributed by atoms with Gasteiger partial charge >= 0.3 is 41.1 Å². The molecule has 0 aliphatic heterocycles. The molecule has 0 aromatic heterocycles. The summed E-state index contributed by atoms with van der Waals surface area (Å²) < 4.78 is 0. The molecule has 0 rings (SSSR count). The van der Waals surface area contributed by atoms with Crippen LogP contribution in [0, 0.1) is 0 Å². The van der Waals surface area contributed by atoms with E-state index in [-0.39, 0.29) is 0 Å². The maximum atomic E-state index is 3.68. The Morgan fingerprint density at radius 3 is 2.20 bits per heavy atom. The molecule has 0 spiro atoms. The molecule has 0 saturated carbocycles. The Morgan fingerprint density at radius 2 is 2.20 bits per heavy atom. The van der Waals surface area contributed by atoms with Crippen LogP contribution in [0.2, 0.25) is 5.32 Å². The van der Waals surface area contributed by atoms with Gasteiger partial charge < -0.3 is 0 Å². The zero-order chi connectivity index (χ0) is 4.12. The molecule has 33 valence electrons. The predicted octanol–water partition coefficient (Wildman–Crippen LogP) is 1.75. The van der Waals surface area contributed by atoms with Crippen molar-refractivity contribution in [1.29, 1.82) is 0 Å². The zero-order valence-electron chi connectivity index (χ0n) is 3.47. The summed E-state index contributed by atoms with van der Waals surface area (Å²) in [5.74, 6) is 0. The third-order valence-electron chi connectivity index (χ3n) is 0.479. The second-order valence-electron chi connectivity index (χ2n) is 1.03. The summed E-state index contributed by atoms with van der Waals surface area (Å²) in [6, 6.07) is 0. The molecule has 0 atom stereocenters. The fraction of sp³-hybridized carbons (Fsp3) is 1.00. The molecular weight excluding hydrogens is 104 g/mol. The Hall–Kier alpha value is 0.519. The van der Waals surface area contributed by atoms with Crippen LogP contribution in [0.1, 0.15) is 19.8 Å². The van der Waals surface area contributed by atoms with Crippen molar-refractivity contribution in [1.82, 2.24) is 0 Å². The van der Waals surface area contributed by atoms with E-state index < -0.39 is 0 Å². The van der Waals surface area contributed by atoms with E-state index in [1.54, 1.807) is 0 Å². The molecule has 0 aromatic rings. The Labute approximate surface area is 41.8 Å². The normalized spacial score (nSPS) is 8.40. The topological polar surface area (TPSA) is 0 Å². The van der Waals surface area contributed by atoms with Crippen molar-refractivity contribution in [3.63, 3.8) is 0 Å². The van der Waals surface area contributed by atoms with Gasteiger partial charge in [-0.05, 0) is 0 Å². The summed E-state index contributed by atoms with van der Waals surface area (Å²) in [4.78, 5) is 0. The van der Waals surface area contributed by atoms with Gasteiger partial charge in [0, 0.05) is 0 Å². The first-order valence-electron chi connectivity index (χ1n) is 1.96. The summed E-state index contributed by atoms with van der Waals surface area (Å²) in [5.41, 5.74) is 0. The van der Waals surface area contributed by atoms with E-state index in [1.807, 2.05) is 0 Å². The van der Waals surface area contributed by atoms with Crippen molar-refractivity contribution < 1.29 is 16.0 Å². The summed E-state index contributed by atoms with van der Waals surface area (Å²) >= 11 is 3.68. The van der Waals surface area contributed by atoms with Gasteiger partial charge in [0.05, 0.1) is 0 Å². The Bertz CT molecular complexity index is 11.1. The number of unbranched alkanes of at least 4 members (excludes halogenated alkanes) is 1. The standard InChI is InChI=1S/C4H9.Fe/c1-3-4-2;/h1,3-4H2,2H3;. The molecule has 0 aliphatic carbocycles. The number of rotatable bonds is 2. The van der Waals surface area contributed by atoms with Gasteiger partial charge in [-0.15, -0.1) is 0 Å². The first-order valence-corrected chi connectivity index (χ1v) is 2.74. The fourth-order valence-electron chi connectivity index (χ4n) is 0.125. The summed E-state index contributed by atoms with van der Waals surface area (Å²) in [6.07, 6.45) is 2.56. The molecule has 0 amide bonds. The third kappa shape index (κ3) is 4.52. The Morgan fingerprint density at radius 1 is 1.60 bits per heavy atom. The molecule has 0 bridgehead atoms. The molecule has 0 fully saturated rings. The summed E-state index contributed by atoms with van der Waals surface area (Å²) in [6.45, 7) is 2.17. The molecular formula is C4H9Fe. The molecule has 0 N–H and O–H groups in total. The maximum absolute atomic E-state index is 3.68. The Kier molecular flexibility index (Phi) is 4.99. The predicted molar refractivity (Wildman–Crippen MR) is 19.7 cm³/mol. The van der Waals surface area contributed by atoms with Crippen LogP contribution in [0.25, 0.3) is 0 Å². The van der Waals surface area contributed by atoms with Crippen LogP contribution in [0.15, 0.2) is 0 Å². The number of hydrogen-bond acceptors (Lipinski definition) is 0. The van der Waals surface area contributed by atoms with Crippen molar-refractivity contribution in [2.75, 3.05) is 0 Å². The second-order valence-corrected chi connectivity index (χ2v) is 1.58. The van der Waals surface area contributed by atoms with Crippen LogP contribution in [-0.4, -0.2) is 0 Å². The molecule has 0 aliphatic rings. The Balaban J connectivity index is 2.19. The van der Waals surface area contributed by atoms with Crippen molar-refractivity contribution in [2.45, 2.75) is 25.1 Å². The number of hydrogen-bond donors (Lipinski definition) is 0. The van der Waals surface area contributed by atoms with E-state index in [0.29, 0.717) is 0 Å². The molecule has 5 heavy (non-hydrogen) atoms. The van der Waals surface area contributed by atoms with Crippen LogP contribution < -0.4 is 0 Å². The second kappa shape index (κ2) is 4.52. The van der Waals surface area contributed by atoms with Gasteiger partial charge in [0.1, 0.15) is 0 Å². The average Bonchev–Trinajstić information content (AvgIpc) is 1.41. The van der Waals surface area contributed by atoms with Crippen LogP contribution in [0.3, 0.4) is 0 Å². The van der Waals surface area contributed by atoms with Crippen LogP contribution in [-0.2, 0) is 16.0 Å². The van der Waals surface area contributed by atoms with Gasteiger partial charge in [-0.25, -0.2) is 0 Å². The molecule has 0 unspecified atom stereocenters. The van der Waals surface area contributed by atoms with Crippen LogP contribution in [0.5, 0.6) is 0 Å². The molecule has 0 nitrogen and oxygen atoms in total. The van der Waals surface area contributed by atoms with Gasteiger partial charge in [0.2, 0.25) is 0 Å². The molecule has 0 aromatic carbocycles. The first-order chi connectivity index (χ1) is 2.41. The summed E-state index contributed by atoms with van der Waals surface area (Å²) in [7, 11) is 0. The van der Waals surface area contributed by atoms with Gasteiger partial charge in [-0.1, -0.05) is 0 Å². The first kappa shape index (κ1) is 5.52. The van der Waals surface area contributed by atoms with Gasteiger partial charge in [0.15, 0.2) is 0 Å². The van der Waals surface area contributed by atoms with Gasteiger partial charge in [-0.2, -0.15) is 0 Å². The van der Waals surface area contributed by atoms with Crippen LogP contribution >= 0.6 is 0 Å². The minimum atomic E-state index is 1.09. The molecule has 0 radical (unpaired) electrons.